The van der Waals surface area contributed by atoms with Crippen LogP contribution in [0.2, 0.25) is 10.0 Å². The van der Waals surface area contributed by atoms with E-state index in [1.165, 1.54) is 0 Å². The van der Waals surface area contributed by atoms with Crippen molar-refractivity contribution in [3.05, 3.63) is 58.1 Å². The summed E-state index contributed by atoms with van der Waals surface area (Å²) in [5.41, 5.74) is 2.37. The number of rotatable bonds is 3. The van der Waals surface area contributed by atoms with Crippen LogP contribution in [0, 0.1) is 0 Å². The number of hydrogen-bond donors (Lipinski definition) is 0. The molecule has 0 bridgehead atoms. The van der Waals surface area contributed by atoms with Crippen molar-refractivity contribution in [2.45, 2.75) is 45.9 Å². The first kappa shape index (κ1) is 22.7. The van der Waals surface area contributed by atoms with Crippen molar-refractivity contribution in [1.29, 1.82) is 0 Å². The SMILES string of the molecule is CC1CN(c2nc3ccccc3n2Cc2cc(Cl)ccc2Cl)CCN1C(=O)OC(C)(C)C. The Morgan fingerprint density at radius 2 is 1.91 bits per heavy atom. The monoisotopic (exact) mass is 474 g/mol. The number of benzene rings is 2. The van der Waals surface area contributed by atoms with Crippen LogP contribution < -0.4 is 4.90 Å². The molecule has 8 heteroatoms. The summed E-state index contributed by atoms with van der Waals surface area (Å²) in [6, 6.07) is 13.6. The van der Waals surface area contributed by atoms with Gasteiger partial charge in [0.15, 0.2) is 0 Å². The Morgan fingerprint density at radius 3 is 2.62 bits per heavy atom. The molecule has 1 atom stereocenters. The average Bonchev–Trinajstić information content (AvgIpc) is 3.08. The van der Waals surface area contributed by atoms with E-state index < -0.39 is 5.60 Å². The topological polar surface area (TPSA) is 50.6 Å². The van der Waals surface area contributed by atoms with Crippen LogP contribution in [-0.2, 0) is 11.3 Å². The molecule has 6 nitrogen and oxygen atoms in total. The third-order valence-corrected chi connectivity index (χ3v) is 6.11. The van der Waals surface area contributed by atoms with Gasteiger partial charge in [-0.15, -0.1) is 0 Å². The predicted octanol–water partition coefficient (Wildman–Crippen LogP) is 5.84. The smallest absolute Gasteiger partial charge is 0.410 e. The molecule has 0 radical (unpaired) electrons. The molecular weight excluding hydrogens is 447 g/mol. The minimum Gasteiger partial charge on any atom is -0.444 e. The van der Waals surface area contributed by atoms with Gasteiger partial charge in [-0.2, -0.15) is 0 Å². The van der Waals surface area contributed by atoms with Crippen molar-refractivity contribution in [3.8, 4) is 0 Å². The summed E-state index contributed by atoms with van der Waals surface area (Å²) < 4.78 is 7.75. The predicted molar refractivity (Wildman–Crippen MR) is 130 cm³/mol. The van der Waals surface area contributed by atoms with Gasteiger partial charge in [-0.1, -0.05) is 35.3 Å². The van der Waals surface area contributed by atoms with Gasteiger partial charge in [0.2, 0.25) is 5.95 Å². The lowest BCUT2D eigenvalue weighted by Crippen LogP contribution is -2.55. The highest BCUT2D eigenvalue weighted by molar-refractivity contribution is 6.33. The van der Waals surface area contributed by atoms with Gasteiger partial charge in [0.05, 0.1) is 17.6 Å². The summed E-state index contributed by atoms with van der Waals surface area (Å²) >= 11 is 12.7. The first-order chi connectivity index (χ1) is 15.1. The van der Waals surface area contributed by atoms with Crippen LogP contribution in [0.25, 0.3) is 11.0 Å². The van der Waals surface area contributed by atoms with Crippen LogP contribution in [0.3, 0.4) is 0 Å². The van der Waals surface area contributed by atoms with E-state index in [4.69, 9.17) is 32.9 Å². The van der Waals surface area contributed by atoms with Crippen LogP contribution >= 0.6 is 23.2 Å². The molecule has 0 N–H and O–H groups in total. The number of carbonyl (C=O) groups is 1. The highest BCUT2D eigenvalue weighted by Gasteiger charge is 2.32. The van der Waals surface area contributed by atoms with Crippen LogP contribution in [0.4, 0.5) is 10.7 Å². The quantitative estimate of drug-likeness (QED) is 0.478. The number of ether oxygens (including phenoxy) is 1. The van der Waals surface area contributed by atoms with E-state index in [9.17, 15) is 4.79 Å². The van der Waals surface area contributed by atoms with Crippen LogP contribution in [0.15, 0.2) is 42.5 Å². The second-order valence-corrected chi connectivity index (χ2v) is 10.0. The molecule has 1 aliphatic rings. The van der Waals surface area contributed by atoms with Crippen molar-refractivity contribution < 1.29 is 9.53 Å². The van der Waals surface area contributed by atoms with E-state index in [2.05, 4.69) is 15.5 Å². The van der Waals surface area contributed by atoms with Gasteiger partial charge in [-0.05, 0) is 63.6 Å². The fourth-order valence-electron chi connectivity index (χ4n) is 4.03. The molecule has 1 unspecified atom stereocenters. The number of fused-ring (bicyclic) bond motifs is 1. The van der Waals surface area contributed by atoms with Crippen LogP contribution in [0.5, 0.6) is 0 Å². The molecule has 1 aromatic heterocycles. The molecule has 32 heavy (non-hydrogen) atoms. The molecular formula is C24H28Cl2N4O2. The van der Waals surface area contributed by atoms with E-state index in [0.29, 0.717) is 36.2 Å². The standard InChI is InChI=1S/C24H28Cl2N4O2/c1-16-14-28(11-12-29(16)23(31)32-24(2,3)4)22-27-20-7-5-6-8-21(20)30(22)15-17-13-18(25)9-10-19(17)26/h5-10,13,16H,11-12,14-15H2,1-4H3. The Balaban J connectivity index is 1.63. The molecule has 0 saturated carbocycles. The molecule has 4 rings (SSSR count). The lowest BCUT2D eigenvalue weighted by atomic mass is 10.2. The minimum atomic E-state index is -0.516. The maximum atomic E-state index is 12.6. The van der Waals surface area contributed by atoms with Gasteiger partial charge in [0, 0.05) is 35.7 Å². The Hall–Kier alpha value is -2.44. The normalized spacial score (nSPS) is 17.1. The Labute approximate surface area is 198 Å². The summed E-state index contributed by atoms with van der Waals surface area (Å²) in [5, 5.41) is 1.32. The molecule has 1 aliphatic heterocycles. The van der Waals surface area contributed by atoms with Gasteiger partial charge in [-0.3, -0.25) is 0 Å². The third-order valence-electron chi connectivity index (χ3n) is 5.51. The zero-order chi connectivity index (χ0) is 23.0. The summed E-state index contributed by atoms with van der Waals surface area (Å²) in [6.45, 7) is 10.1. The molecule has 1 amide bonds. The summed E-state index contributed by atoms with van der Waals surface area (Å²) in [4.78, 5) is 21.6. The van der Waals surface area contributed by atoms with Gasteiger partial charge in [0.1, 0.15) is 5.60 Å². The Bertz CT molecular complexity index is 1140. The van der Waals surface area contributed by atoms with E-state index in [0.717, 1.165) is 22.5 Å². The van der Waals surface area contributed by atoms with E-state index in [1.807, 2.05) is 58.0 Å². The Morgan fingerprint density at radius 1 is 1.16 bits per heavy atom. The fourth-order valence-corrected chi connectivity index (χ4v) is 4.40. The largest absolute Gasteiger partial charge is 0.444 e. The van der Waals surface area contributed by atoms with Crippen molar-refractivity contribution in [2.24, 2.45) is 0 Å². The summed E-state index contributed by atoms with van der Waals surface area (Å²) in [6.07, 6.45) is -0.274. The molecule has 1 fully saturated rings. The van der Waals surface area contributed by atoms with Crippen molar-refractivity contribution >= 4 is 46.3 Å². The highest BCUT2D eigenvalue weighted by atomic mass is 35.5. The number of aromatic nitrogens is 2. The maximum absolute atomic E-state index is 12.6. The summed E-state index contributed by atoms with van der Waals surface area (Å²) in [5.74, 6) is 0.859. The number of nitrogens with zero attached hydrogens (tertiary/aromatic N) is 4. The average molecular weight is 475 g/mol. The number of anilines is 1. The number of halogens is 2. The number of carbonyl (C=O) groups excluding carboxylic acids is 1. The second kappa shape index (κ2) is 8.83. The molecule has 2 heterocycles. The molecule has 0 spiro atoms. The highest BCUT2D eigenvalue weighted by Crippen LogP contribution is 2.29. The van der Waals surface area contributed by atoms with Crippen LogP contribution in [0.1, 0.15) is 33.3 Å². The van der Waals surface area contributed by atoms with Gasteiger partial charge < -0.3 is 19.1 Å². The number of imidazole rings is 1. The van der Waals surface area contributed by atoms with Gasteiger partial charge in [-0.25, -0.2) is 9.78 Å². The van der Waals surface area contributed by atoms with Crippen molar-refractivity contribution in [1.82, 2.24) is 14.5 Å². The fraction of sp³-hybridized carbons (Fsp3) is 0.417. The van der Waals surface area contributed by atoms with Crippen molar-refractivity contribution in [2.75, 3.05) is 24.5 Å². The lowest BCUT2D eigenvalue weighted by molar-refractivity contribution is 0.0158. The molecule has 0 aliphatic carbocycles. The van der Waals surface area contributed by atoms with E-state index >= 15 is 0 Å². The number of hydrogen-bond acceptors (Lipinski definition) is 4. The third kappa shape index (κ3) is 4.81. The van der Waals surface area contributed by atoms with Crippen molar-refractivity contribution in [3.63, 3.8) is 0 Å². The second-order valence-electron chi connectivity index (χ2n) is 9.19. The molecule has 1 saturated heterocycles. The van der Waals surface area contributed by atoms with Gasteiger partial charge >= 0.3 is 6.09 Å². The maximum Gasteiger partial charge on any atom is 0.410 e. The summed E-state index contributed by atoms with van der Waals surface area (Å²) in [7, 11) is 0. The lowest BCUT2D eigenvalue weighted by Gasteiger charge is -2.40. The van der Waals surface area contributed by atoms with E-state index in [-0.39, 0.29) is 12.1 Å². The number of piperazine rings is 1. The van der Waals surface area contributed by atoms with Crippen LogP contribution in [-0.4, -0.2) is 51.8 Å². The van der Waals surface area contributed by atoms with Gasteiger partial charge in [0.25, 0.3) is 0 Å². The zero-order valence-electron chi connectivity index (χ0n) is 18.8. The Kier molecular flexibility index (Phi) is 6.28. The number of amides is 1. The first-order valence-electron chi connectivity index (χ1n) is 10.8. The molecule has 3 aromatic rings. The zero-order valence-corrected chi connectivity index (χ0v) is 20.3. The number of para-hydroxylation sites is 2. The molecule has 2 aromatic carbocycles. The molecule has 170 valence electrons. The minimum absolute atomic E-state index is 0.0124. The van der Waals surface area contributed by atoms with E-state index in [1.54, 1.807) is 11.0 Å². The first-order valence-corrected chi connectivity index (χ1v) is 11.5.